The van der Waals surface area contributed by atoms with Crippen molar-refractivity contribution in [2.45, 2.75) is 115 Å². The second kappa shape index (κ2) is 17.1. The molecule has 7 atom stereocenters. The topological polar surface area (TPSA) is 172 Å². The molecule has 0 radical (unpaired) electrons. The van der Waals surface area contributed by atoms with E-state index in [-0.39, 0.29) is 26.1 Å². The number of hydrogen-bond acceptors (Lipinski definition) is 11. The molecule has 1 saturated heterocycles. The van der Waals surface area contributed by atoms with Crippen molar-refractivity contribution >= 4 is 11.9 Å². The van der Waals surface area contributed by atoms with E-state index in [0.29, 0.717) is 12.8 Å². The van der Waals surface area contributed by atoms with Crippen molar-refractivity contribution in [2.24, 2.45) is 0 Å². The van der Waals surface area contributed by atoms with Crippen LogP contribution in [0.25, 0.3) is 0 Å². The maximum Gasteiger partial charge on any atom is 0.308 e. The first-order valence-corrected chi connectivity index (χ1v) is 12.2. The number of esters is 2. The van der Waals surface area contributed by atoms with Crippen molar-refractivity contribution in [3.05, 3.63) is 0 Å². The molecule has 1 heterocycles. The van der Waals surface area contributed by atoms with Gasteiger partial charge in [-0.2, -0.15) is 0 Å². The van der Waals surface area contributed by atoms with E-state index in [0.717, 1.165) is 32.1 Å². The van der Waals surface area contributed by atoms with E-state index in [1.54, 1.807) is 0 Å². The first kappa shape index (κ1) is 30.7. The molecule has 0 aromatic rings. The SMILES string of the molecule is CCCCCCCC(O)CC(=O)O[C@H](COC(=O)CCC)CO[C@@H]1O[C@H](CO)[C@H](O)[C@H](O)[C@H]1O. The summed E-state index contributed by atoms with van der Waals surface area (Å²) in [7, 11) is 0. The maximum atomic E-state index is 12.3. The summed E-state index contributed by atoms with van der Waals surface area (Å²) in [4.78, 5) is 24.0. The molecule has 0 bridgehead atoms. The summed E-state index contributed by atoms with van der Waals surface area (Å²) in [6, 6.07) is 0. The fourth-order valence-corrected chi connectivity index (χ4v) is 3.50. The molecule has 0 saturated carbocycles. The summed E-state index contributed by atoms with van der Waals surface area (Å²) in [6.07, 6.45) is -3.16. The zero-order valence-electron chi connectivity index (χ0n) is 20.2. The Morgan fingerprint density at radius 3 is 2.26 bits per heavy atom. The van der Waals surface area contributed by atoms with E-state index < -0.39 is 61.5 Å². The molecule has 5 N–H and O–H groups in total. The van der Waals surface area contributed by atoms with Crippen LogP contribution in [-0.4, -0.2) is 100 Å². The molecule has 0 aliphatic carbocycles. The number of unbranched alkanes of at least 4 members (excludes halogenated alkanes) is 4. The predicted octanol–water partition coefficient (Wildman–Crippen LogP) is 0.170. The van der Waals surface area contributed by atoms with Gasteiger partial charge in [-0.1, -0.05) is 46.0 Å². The Hall–Kier alpha value is -1.34. The average Bonchev–Trinajstić information content (AvgIpc) is 2.80. The molecule has 34 heavy (non-hydrogen) atoms. The van der Waals surface area contributed by atoms with Crippen LogP contribution in [0.5, 0.6) is 0 Å². The lowest BCUT2D eigenvalue weighted by Crippen LogP contribution is -2.59. The van der Waals surface area contributed by atoms with Crippen molar-refractivity contribution in [1.29, 1.82) is 0 Å². The molecule has 0 amide bonds. The molecule has 11 heteroatoms. The predicted molar refractivity (Wildman–Crippen MR) is 119 cm³/mol. The van der Waals surface area contributed by atoms with E-state index in [2.05, 4.69) is 6.92 Å². The van der Waals surface area contributed by atoms with Gasteiger partial charge < -0.3 is 44.5 Å². The number of carbonyl (C=O) groups excluding carboxylic acids is 2. The number of ether oxygens (including phenoxy) is 4. The van der Waals surface area contributed by atoms with Gasteiger partial charge >= 0.3 is 11.9 Å². The number of aliphatic hydroxyl groups is 5. The standard InChI is InChI=1S/C23H42O11/c1-3-5-6-7-8-10-15(25)11-19(27)33-16(13-31-18(26)9-4-2)14-32-23-22(30)21(29)20(28)17(12-24)34-23/h15-17,20-25,28-30H,3-14H2,1-2H3/t15?,16-,17-,20+,21+,22-,23-/m1/s1. The number of hydrogen-bond donors (Lipinski definition) is 5. The van der Waals surface area contributed by atoms with Crippen LogP contribution in [0.4, 0.5) is 0 Å². The smallest absolute Gasteiger partial charge is 0.308 e. The molecule has 11 nitrogen and oxygen atoms in total. The quantitative estimate of drug-likeness (QED) is 0.138. The van der Waals surface area contributed by atoms with Crippen LogP contribution >= 0.6 is 0 Å². The van der Waals surface area contributed by atoms with Crippen LogP contribution in [0.1, 0.15) is 71.6 Å². The van der Waals surface area contributed by atoms with Gasteiger partial charge in [0, 0.05) is 6.42 Å². The number of carbonyl (C=O) groups is 2. The van der Waals surface area contributed by atoms with Crippen LogP contribution in [0.3, 0.4) is 0 Å². The molecule has 200 valence electrons. The summed E-state index contributed by atoms with van der Waals surface area (Å²) in [5.74, 6) is -1.18. The molecular weight excluding hydrogens is 452 g/mol. The Morgan fingerprint density at radius 2 is 1.62 bits per heavy atom. The zero-order valence-corrected chi connectivity index (χ0v) is 20.2. The van der Waals surface area contributed by atoms with Crippen molar-refractivity contribution in [2.75, 3.05) is 19.8 Å². The maximum absolute atomic E-state index is 12.3. The third-order valence-electron chi connectivity index (χ3n) is 5.52. The van der Waals surface area contributed by atoms with E-state index in [1.165, 1.54) is 0 Å². The van der Waals surface area contributed by atoms with Crippen molar-refractivity contribution in [3.63, 3.8) is 0 Å². The minimum absolute atomic E-state index is 0.185. The van der Waals surface area contributed by atoms with Crippen molar-refractivity contribution in [3.8, 4) is 0 Å². The van der Waals surface area contributed by atoms with Gasteiger partial charge in [0.15, 0.2) is 12.4 Å². The van der Waals surface area contributed by atoms with Crippen LogP contribution in [-0.2, 0) is 28.5 Å². The van der Waals surface area contributed by atoms with E-state index in [4.69, 9.17) is 18.9 Å². The Kier molecular flexibility index (Phi) is 15.5. The molecule has 0 aromatic heterocycles. The average molecular weight is 495 g/mol. The highest BCUT2D eigenvalue weighted by molar-refractivity contribution is 5.70. The van der Waals surface area contributed by atoms with Gasteiger partial charge in [0.1, 0.15) is 31.0 Å². The Labute approximate surface area is 201 Å². The fourth-order valence-electron chi connectivity index (χ4n) is 3.50. The summed E-state index contributed by atoms with van der Waals surface area (Å²) >= 11 is 0. The summed E-state index contributed by atoms with van der Waals surface area (Å²) in [5, 5.41) is 49.2. The Morgan fingerprint density at radius 1 is 0.912 bits per heavy atom. The number of rotatable bonds is 17. The lowest BCUT2D eigenvalue weighted by molar-refractivity contribution is -0.305. The van der Waals surface area contributed by atoms with Crippen molar-refractivity contribution < 1.29 is 54.1 Å². The third kappa shape index (κ3) is 11.4. The van der Waals surface area contributed by atoms with Gasteiger partial charge in [-0.05, 0) is 12.8 Å². The Bertz CT molecular complexity index is 571. The van der Waals surface area contributed by atoms with Gasteiger partial charge in [0.2, 0.25) is 0 Å². The monoisotopic (exact) mass is 494 g/mol. The van der Waals surface area contributed by atoms with Crippen LogP contribution < -0.4 is 0 Å². The molecule has 0 spiro atoms. The minimum atomic E-state index is -1.62. The van der Waals surface area contributed by atoms with E-state index >= 15 is 0 Å². The van der Waals surface area contributed by atoms with Crippen LogP contribution in [0.15, 0.2) is 0 Å². The number of aliphatic hydroxyl groups excluding tert-OH is 5. The van der Waals surface area contributed by atoms with E-state index in [9.17, 15) is 35.1 Å². The minimum Gasteiger partial charge on any atom is -0.462 e. The molecule has 1 fully saturated rings. The highest BCUT2D eigenvalue weighted by atomic mass is 16.7. The fraction of sp³-hybridized carbons (Fsp3) is 0.913. The lowest BCUT2D eigenvalue weighted by Gasteiger charge is -2.39. The second-order valence-electron chi connectivity index (χ2n) is 8.64. The van der Waals surface area contributed by atoms with E-state index in [1.807, 2.05) is 6.92 Å². The highest BCUT2D eigenvalue weighted by Crippen LogP contribution is 2.22. The molecular formula is C23H42O11. The van der Waals surface area contributed by atoms with Gasteiger partial charge in [-0.15, -0.1) is 0 Å². The lowest BCUT2D eigenvalue weighted by atomic mass is 9.99. The molecule has 1 unspecified atom stereocenters. The first-order chi connectivity index (χ1) is 16.2. The van der Waals surface area contributed by atoms with Crippen LogP contribution in [0.2, 0.25) is 0 Å². The summed E-state index contributed by atoms with van der Waals surface area (Å²) in [5.41, 5.74) is 0. The van der Waals surface area contributed by atoms with Gasteiger partial charge in [-0.3, -0.25) is 9.59 Å². The third-order valence-corrected chi connectivity index (χ3v) is 5.52. The summed E-state index contributed by atoms with van der Waals surface area (Å²) in [6.45, 7) is 2.64. The normalized spacial score (nSPS) is 26.6. The molecule has 1 aliphatic heterocycles. The zero-order chi connectivity index (χ0) is 25.5. The first-order valence-electron chi connectivity index (χ1n) is 12.2. The van der Waals surface area contributed by atoms with Gasteiger partial charge in [0.05, 0.1) is 25.7 Å². The largest absolute Gasteiger partial charge is 0.462 e. The molecule has 1 rings (SSSR count). The molecule has 1 aliphatic rings. The van der Waals surface area contributed by atoms with Gasteiger partial charge in [-0.25, -0.2) is 0 Å². The second-order valence-corrected chi connectivity index (χ2v) is 8.64. The van der Waals surface area contributed by atoms with Crippen molar-refractivity contribution in [1.82, 2.24) is 0 Å². The van der Waals surface area contributed by atoms with Gasteiger partial charge in [0.25, 0.3) is 0 Å². The molecule has 0 aromatic carbocycles. The summed E-state index contributed by atoms with van der Waals surface area (Å²) < 4.78 is 21.1. The highest BCUT2D eigenvalue weighted by Gasteiger charge is 2.44. The van der Waals surface area contributed by atoms with Crippen LogP contribution in [0, 0.1) is 0 Å². The Balaban J connectivity index is 2.61.